The van der Waals surface area contributed by atoms with Crippen molar-refractivity contribution in [3.63, 3.8) is 0 Å². The van der Waals surface area contributed by atoms with Gasteiger partial charge in [0.15, 0.2) is 5.13 Å². The van der Waals surface area contributed by atoms with E-state index in [9.17, 15) is 0 Å². The molecule has 0 spiro atoms. The normalized spacial score (nSPS) is 10.6. The smallest absolute Gasteiger partial charge is 0.182 e. The van der Waals surface area contributed by atoms with E-state index in [4.69, 9.17) is 0 Å². The van der Waals surface area contributed by atoms with Crippen LogP contribution >= 0.6 is 11.3 Å². The molecule has 3 rings (SSSR count). The predicted molar refractivity (Wildman–Crippen MR) is 72.4 cm³/mol. The molecule has 1 aromatic carbocycles. The summed E-state index contributed by atoms with van der Waals surface area (Å²) in [6, 6.07) is 12.3. The van der Waals surface area contributed by atoms with Gasteiger partial charge in [0.2, 0.25) is 0 Å². The summed E-state index contributed by atoms with van der Waals surface area (Å²) in [4.78, 5) is 9.98. The van der Waals surface area contributed by atoms with Crippen LogP contribution in [0.5, 0.6) is 0 Å². The molecular weight excluding hydrogens is 230 g/mol. The summed E-state index contributed by atoms with van der Waals surface area (Å²) in [5.74, 6) is 0. The fourth-order valence-electron chi connectivity index (χ4n) is 1.71. The SMILES string of the molecule is CNc1ncc(-c2ccc3ccccc3n2)s1. The standard InChI is InChI=1S/C13H11N3S/c1-14-13-15-8-12(17-13)11-7-6-9-4-2-3-5-10(9)16-11/h2-8H,1H3,(H,14,15). The van der Waals surface area contributed by atoms with Crippen molar-refractivity contribution < 1.29 is 0 Å². The van der Waals surface area contributed by atoms with E-state index < -0.39 is 0 Å². The summed E-state index contributed by atoms with van der Waals surface area (Å²) >= 11 is 1.61. The Balaban J connectivity index is 2.11. The molecule has 3 nitrogen and oxygen atoms in total. The molecule has 0 atom stereocenters. The number of thiazole rings is 1. The molecule has 0 aliphatic carbocycles. The van der Waals surface area contributed by atoms with E-state index >= 15 is 0 Å². The number of nitrogens with one attached hydrogen (secondary N) is 1. The number of fused-ring (bicyclic) bond motifs is 1. The molecule has 0 fully saturated rings. The van der Waals surface area contributed by atoms with Crippen LogP contribution in [0.3, 0.4) is 0 Å². The highest BCUT2D eigenvalue weighted by Gasteiger charge is 2.05. The topological polar surface area (TPSA) is 37.8 Å². The molecule has 84 valence electrons. The molecule has 0 amide bonds. The summed E-state index contributed by atoms with van der Waals surface area (Å²) in [7, 11) is 1.87. The van der Waals surface area contributed by atoms with E-state index in [0.29, 0.717) is 0 Å². The number of hydrogen-bond donors (Lipinski definition) is 1. The number of anilines is 1. The van der Waals surface area contributed by atoms with E-state index in [1.807, 2.05) is 37.5 Å². The average Bonchev–Trinajstić information content (AvgIpc) is 2.87. The Morgan fingerprint density at radius 3 is 2.82 bits per heavy atom. The van der Waals surface area contributed by atoms with Gasteiger partial charge < -0.3 is 5.32 Å². The van der Waals surface area contributed by atoms with Gasteiger partial charge in [-0.05, 0) is 12.1 Å². The Morgan fingerprint density at radius 2 is 2.00 bits per heavy atom. The number of rotatable bonds is 2. The Morgan fingerprint density at radius 1 is 1.12 bits per heavy atom. The Bertz CT molecular complexity index is 660. The Labute approximate surface area is 103 Å². The number of pyridine rings is 1. The van der Waals surface area contributed by atoms with E-state index in [1.54, 1.807) is 11.3 Å². The molecule has 4 heteroatoms. The summed E-state index contributed by atoms with van der Waals surface area (Å²) in [5, 5.41) is 5.11. The molecule has 2 aromatic heterocycles. The first-order valence-electron chi connectivity index (χ1n) is 5.36. The second-order valence-corrected chi connectivity index (χ2v) is 4.70. The van der Waals surface area contributed by atoms with E-state index in [0.717, 1.165) is 26.6 Å². The lowest BCUT2D eigenvalue weighted by molar-refractivity contribution is 1.35. The van der Waals surface area contributed by atoms with Crippen LogP contribution in [-0.4, -0.2) is 17.0 Å². The largest absolute Gasteiger partial charge is 0.365 e. The second-order valence-electron chi connectivity index (χ2n) is 3.67. The molecule has 17 heavy (non-hydrogen) atoms. The number of para-hydroxylation sites is 1. The first-order valence-corrected chi connectivity index (χ1v) is 6.18. The highest BCUT2D eigenvalue weighted by Crippen LogP contribution is 2.28. The third-order valence-corrected chi connectivity index (χ3v) is 3.61. The van der Waals surface area contributed by atoms with Crippen molar-refractivity contribution in [2.24, 2.45) is 0 Å². The lowest BCUT2D eigenvalue weighted by Crippen LogP contribution is -1.83. The molecule has 2 heterocycles. The minimum atomic E-state index is 0.912. The van der Waals surface area contributed by atoms with E-state index in [2.05, 4.69) is 27.4 Å². The van der Waals surface area contributed by atoms with Gasteiger partial charge in [-0.1, -0.05) is 35.6 Å². The van der Waals surface area contributed by atoms with Crippen molar-refractivity contribution in [3.8, 4) is 10.6 Å². The molecule has 0 unspecified atom stereocenters. The lowest BCUT2D eigenvalue weighted by atomic mass is 10.2. The quantitative estimate of drug-likeness (QED) is 0.747. The van der Waals surface area contributed by atoms with Gasteiger partial charge in [0.05, 0.1) is 16.1 Å². The van der Waals surface area contributed by atoms with Crippen LogP contribution in [0.1, 0.15) is 0 Å². The van der Waals surface area contributed by atoms with Gasteiger partial charge in [-0.2, -0.15) is 0 Å². The first-order chi connectivity index (χ1) is 8.36. The van der Waals surface area contributed by atoms with E-state index in [1.165, 1.54) is 0 Å². The van der Waals surface area contributed by atoms with Crippen molar-refractivity contribution in [2.45, 2.75) is 0 Å². The van der Waals surface area contributed by atoms with Crippen molar-refractivity contribution in [1.29, 1.82) is 0 Å². The van der Waals surface area contributed by atoms with E-state index in [-0.39, 0.29) is 0 Å². The zero-order chi connectivity index (χ0) is 11.7. The highest BCUT2D eigenvalue weighted by atomic mass is 32.1. The molecule has 0 bridgehead atoms. The third-order valence-electron chi connectivity index (χ3n) is 2.57. The van der Waals surface area contributed by atoms with Crippen LogP contribution in [0.2, 0.25) is 0 Å². The van der Waals surface area contributed by atoms with Crippen molar-refractivity contribution in [2.75, 3.05) is 12.4 Å². The fourth-order valence-corrected chi connectivity index (χ4v) is 2.45. The molecule has 1 N–H and O–H groups in total. The van der Waals surface area contributed by atoms with Gasteiger partial charge in [0.25, 0.3) is 0 Å². The molecule has 0 saturated carbocycles. The lowest BCUT2D eigenvalue weighted by Gasteiger charge is -1.99. The number of hydrogen-bond acceptors (Lipinski definition) is 4. The minimum absolute atomic E-state index is 0.912. The zero-order valence-electron chi connectivity index (χ0n) is 9.34. The van der Waals surface area contributed by atoms with Crippen molar-refractivity contribution >= 4 is 27.4 Å². The van der Waals surface area contributed by atoms with Crippen LogP contribution in [0.15, 0.2) is 42.6 Å². The number of benzene rings is 1. The Hall–Kier alpha value is -1.94. The molecule has 0 radical (unpaired) electrons. The second kappa shape index (κ2) is 4.14. The monoisotopic (exact) mass is 241 g/mol. The average molecular weight is 241 g/mol. The molecule has 0 aliphatic rings. The fraction of sp³-hybridized carbons (Fsp3) is 0.0769. The van der Waals surface area contributed by atoms with Crippen LogP contribution < -0.4 is 5.32 Å². The maximum absolute atomic E-state index is 4.64. The summed E-state index contributed by atoms with van der Waals surface area (Å²) < 4.78 is 0. The number of aromatic nitrogens is 2. The van der Waals surface area contributed by atoms with Gasteiger partial charge in [0, 0.05) is 18.6 Å². The predicted octanol–water partition coefficient (Wildman–Crippen LogP) is 3.40. The van der Waals surface area contributed by atoms with Gasteiger partial charge in [-0.15, -0.1) is 0 Å². The van der Waals surface area contributed by atoms with Crippen LogP contribution in [0.25, 0.3) is 21.5 Å². The summed E-state index contributed by atoms with van der Waals surface area (Å²) in [6.45, 7) is 0. The van der Waals surface area contributed by atoms with Crippen molar-refractivity contribution in [3.05, 3.63) is 42.6 Å². The maximum atomic E-state index is 4.64. The molecular formula is C13H11N3S. The maximum Gasteiger partial charge on any atom is 0.182 e. The van der Waals surface area contributed by atoms with Gasteiger partial charge in [-0.3, -0.25) is 0 Å². The Kier molecular flexibility index (Phi) is 2.49. The summed E-state index contributed by atoms with van der Waals surface area (Å²) in [5.41, 5.74) is 1.99. The van der Waals surface area contributed by atoms with Crippen LogP contribution in [-0.2, 0) is 0 Å². The first kappa shape index (κ1) is 10.2. The molecule has 0 aliphatic heterocycles. The number of nitrogens with zero attached hydrogens (tertiary/aromatic N) is 2. The molecule has 0 saturated heterocycles. The minimum Gasteiger partial charge on any atom is -0.365 e. The highest BCUT2D eigenvalue weighted by molar-refractivity contribution is 7.18. The molecule has 3 aromatic rings. The zero-order valence-corrected chi connectivity index (χ0v) is 10.2. The van der Waals surface area contributed by atoms with Crippen LogP contribution in [0.4, 0.5) is 5.13 Å². The van der Waals surface area contributed by atoms with Crippen molar-refractivity contribution in [1.82, 2.24) is 9.97 Å². The third kappa shape index (κ3) is 1.87. The summed E-state index contributed by atoms with van der Waals surface area (Å²) in [6.07, 6.45) is 1.85. The van der Waals surface area contributed by atoms with Gasteiger partial charge in [0.1, 0.15) is 0 Å². The van der Waals surface area contributed by atoms with Crippen LogP contribution in [0, 0.1) is 0 Å². The van der Waals surface area contributed by atoms with Gasteiger partial charge in [-0.25, -0.2) is 9.97 Å². The van der Waals surface area contributed by atoms with Gasteiger partial charge >= 0.3 is 0 Å².